The molecule has 0 radical (unpaired) electrons. The third-order valence-electron chi connectivity index (χ3n) is 5.75. The highest BCUT2D eigenvalue weighted by molar-refractivity contribution is 5.72. The van der Waals surface area contributed by atoms with Crippen molar-refractivity contribution in [3.63, 3.8) is 0 Å². The topological polar surface area (TPSA) is 9.23 Å². The molecule has 4 heteroatoms. The Hall–Kier alpha value is -2.75. The highest BCUT2D eigenvalue weighted by Crippen LogP contribution is 2.33. The summed E-state index contributed by atoms with van der Waals surface area (Å²) < 4.78 is 49.7. The van der Waals surface area contributed by atoms with Gasteiger partial charge in [-0.1, -0.05) is 88.4 Å². The predicted molar refractivity (Wildman–Crippen MR) is 125 cm³/mol. The van der Waals surface area contributed by atoms with Crippen LogP contribution in [-0.4, -0.2) is 6.61 Å². The fourth-order valence-corrected chi connectivity index (χ4v) is 3.77. The zero-order chi connectivity index (χ0) is 22.9. The molecule has 3 aromatic carbocycles. The highest BCUT2D eigenvalue weighted by Gasteiger charge is 2.17. The number of unbranched alkanes of at least 4 members (excludes halogenated alkanes) is 5. The maximum atomic E-state index is 14.9. The van der Waals surface area contributed by atoms with Crippen molar-refractivity contribution in [3.05, 3.63) is 77.6 Å². The molecule has 1 nitrogen and oxygen atoms in total. The van der Waals surface area contributed by atoms with Crippen LogP contribution in [-0.2, 0) is 6.42 Å². The van der Waals surface area contributed by atoms with E-state index in [2.05, 4.69) is 6.92 Å². The van der Waals surface area contributed by atoms with Crippen LogP contribution in [0.2, 0.25) is 0 Å². The van der Waals surface area contributed by atoms with Crippen molar-refractivity contribution in [2.45, 2.75) is 58.8 Å². The van der Waals surface area contributed by atoms with Crippen LogP contribution in [0.25, 0.3) is 22.3 Å². The van der Waals surface area contributed by atoms with Crippen LogP contribution in [0.1, 0.15) is 57.9 Å². The molecule has 0 aliphatic carbocycles. The first kappa shape index (κ1) is 23.9. The molecule has 0 aliphatic rings. The molecular formula is C28H31F3O. The second-order valence-corrected chi connectivity index (χ2v) is 8.10. The smallest absolute Gasteiger partial charge is 0.167 e. The molecule has 0 fully saturated rings. The normalized spacial score (nSPS) is 11.0. The monoisotopic (exact) mass is 440 g/mol. The number of aryl methyl sites for hydroxylation is 1. The first-order valence-corrected chi connectivity index (χ1v) is 11.5. The zero-order valence-electron chi connectivity index (χ0n) is 18.9. The summed E-state index contributed by atoms with van der Waals surface area (Å²) >= 11 is 0. The van der Waals surface area contributed by atoms with Gasteiger partial charge in [0.05, 0.1) is 6.61 Å². The second-order valence-electron chi connectivity index (χ2n) is 8.10. The summed E-state index contributed by atoms with van der Waals surface area (Å²) in [6.45, 7) is 4.65. The molecule has 0 aliphatic heterocycles. The van der Waals surface area contributed by atoms with E-state index in [0.717, 1.165) is 31.2 Å². The summed E-state index contributed by atoms with van der Waals surface area (Å²) in [6.07, 6.45) is 7.60. The number of ether oxygens (including phenoxy) is 1. The van der Waals surface area contributed by atoms with E-state index in [4.69, 9.17) is 4.74 Å². The molecule has 3 rings (SSSR count). The third kappa shape index (κ3) is 5.93. The van der Waals surface area contributed by atoms with Gasteiger partial charge in [-0.05, 0) is 41.7 Å². The van der Waals surface area contributed by atoms with E-state index < -0.39 is 17.5 Å². The minimum atomic E-state index is -0.984. The second kappa shape index (κ2) is 11.8. The fourth-order valence-electron chi connectivity index (χ4n) is 3.77. The number of halogens is 3. The average molecular weight is 441 g/mol. The molecule has 0 saturated heterocycles. The van der Waals surface area contributed by atoms with Gasteiger partial charge in [-0.25, -0.2) is 13.2 Å². The van der Waals surface area contributed by atoms with Crippen molar-refractivity contribution in [2.75, 3.05) is 6.61 Å². The van der Waals surface area contributed by atoms with E-state index in [1.165, 1.54) is 43.5 Å². The molecule has 0 amide bonds. The molecule has 0 unspecified atom stereocenters. The maximum absolute atomic E-state index is 14.9. The molecular weight excluding hydrogens is 409 g/mol. The molecule has 0 bridgehead atoms. The lowest BCUT2D eigenvalue weighted by molar-refractivity contribution is 0.290. The van der Waals surface area contributed by atoms with Crippen molar-refractivity contribution in [3.8, 4) is 28.0 Å². The zero-order valence-corrected chi connectivity index (χ0v) is 18.9. The summed E-state index contributed by atoms with van der Waals surface area (Å²) in [5, 5.41) is 0. The van der Waals surface area contributed by atoms with Crippen LogP contribution < -0.4 is 4.74 Å². The summed E-state index contributed by atoms with van der Waals surface area (Å²) in [6, 6.07) is 14.6. The van der Waals surface area contributed by atoms with Crippen LogP contribution in [0.15, 0.2) is 54.6 Å². The molecule has 3 aromatic rings. The van der Waals surface area contributed by atoms with Gasteiger partial charge in [0.1, 0.15) is 0 Å². The first-order chi connectivity index (χ1) is 15.5. The number of benzene rings is 3. The van der Waals surface area contributed by atoms with Gasteiger partial charge in [-0.3, -0.25) is 0 Å². The number of hydrogen-bond acceptors (Lipinski definition) is 1. The van der Waals surface area contributed by atoms with Crippen molar-refractivity contribution in [1.82, 2.24) is 0 Å². The summed E-state index contributed by atoms with van der Waals surface area (Å²) in [5.41, 5.74) is 2.22. The maximum Gasteiger partial charge on any atom is 0.167 e. The van der Waals surface area contributed by atoms with Gasteiger partial charge in [-0.2, -0.15) is 0 Å². The molecule has 0 heterocycles. The summed E-state index contributed by atoms with van der Waals surface area (Å²) in [4.78, 5) is 0. The molecule has 0 saturated carbocycles. The van der Waals surface area contributed by atoms with Crippen molar-refractivity contribution in [1.29, 1.82) is 0 Å². The Bertz CT molecular complexity index is 1010. The van der Waals surface area contributed by atoms with Crippen LogP contribution in [0.3, 0.4) is 0 Å². The molecule has 0 N–H and O–H groups in total. The van der Waals surface area contributed by atoms with Crippen molar-refractivity contribution < 1.29 is 17.9 Å². The third-order valence-corrected chi connectivity index (χ3v) is 5.75. The van der Waals surface area contributed by atoms with Crippen molar-refractivity contribution in [2.24, 2.45) is 0 Å². The SMILES string of the molecule is CCCCCCCCOc1ccc(-c2ccc(-c3ccc(CC)cc3)c(F)c2F)cc1F. The van der Waals surface area contributed by atoms with Crippen LogP contribution in [0.4, 0.5) is 13.2 Å². The molecule has 0 aromatic heterocycles. The van der Waals surface area contributed by atoms with Gasteiger partial charge >= 0.3 is 0 Å². The standard InChI is InChI=1S/C28H31F3O/c1-3-5-6-7-8-9-18-32-26-17-14-22(19-25(26)29)24-16-15-23(27(30)28(24)31)21-12-10-20(4-2)11-13-21/h10-17,19H,3-9,18H2,1-2H3. The number of rotatable bonds is 11. The van der Waals surface area contributed by atoms with Gasteiger partial charge in [0.15, 0.2) is 23.2 Å². The Morgan fingerprint density at radius 1 is 0.656 bits per heavy atom. The van der Waals surface area contributed by atoms with Crippen LogP contribution in [0.5, 0.6) is 5.75 Å². The fraction of sp³-hybridized carbons (Fsp3) is 0.357. The Kier molecular flexibility index (Phi) is 8.78. The Labute approximate surface area is 189 Å². The quantitative estimate of drug-likeness (QED) is 0.271. The van der Waals surface area contributed by atoms with E-state index in [9.17, 15) is 13.2 Å². The minimum Gasteiger partial charge on any atom is -0.491 e. The Morgan fingerprint density at radius 2 is 1.25 bits per heavy atom. The van der Waals surface area contributed by atoms with Crippen LogP contribution in [0, 0.1) is 17.5 Å². The lowest BCUT2D eigenvalue weighted by Crippen LogP contribution is -2.00. The van der Waals surface area contributed by atoms with Gasteiger partial charge in [0, 0.05) is 11.1 Å². The van der Waals surface area contributed by atoms with Gasteiger partial charge < -0.3 is 4.74 Å². The van der Waals surface area contributed by atoms with Gasteiger partial charge in [0.2, 0.25) is 0 Å². The largest absolute Gasteiger partial charge is 0.491 e. The molecule has 0 spiro atoms. The highest BCUT2D eigenvalue weighted by atomic mass is 19.2. The lowest BCUT2D eigenvalue weighted by Gasteiger charge is -2.12. The molecule has 170 valence electrons. The minimum absolute atomic E-state index is 0.0257. The summed E-state index contributed by atoms with van der Waals surface area (Å²) in [7, 11) is 0. The van der Waals surface area contributed by atoms with E-state index in [1.54, 1.807) is 18.2 Å². The van der Waals surface area contributed by atoms with Crippen molar-refractivity contribution >= 4 is 0 Å². The van der Waals surface area contributed by atoms with E-state index >= 15 is 0 Å². The van der Waals surface area contributed by atoms with Crippen LogP contribution >= 0.6 is 0 Å². The molecule has 0 atom stereocenters. The Balaban J connectivity index is 1.69. The van der Waals surface area contributed by atoms with E-state index in [1.807, 2.05) is 19.1 Å². The van der Waals surface area contributed by atoms with E-state index in [0.29, 0.717) is 12.2 Å². The van der Waals surface area contributed by atoms with Gasteiger partial charge in [0.25, 0.3) is 0 Å². The first-order valence-electron chi connectivity index (χ1n) is 11.5. The Morgan fingerprint density at radius 3 is 1.88 bits per heavy atom. The van der Waals surface area contributed by atoms with E-state index in [-0.39, 0.29) is 22.4 Å². The predicted octanol–water partition coefficient (Wildman–Crippen LogP) is 8.74. The molecule has 32 heavy (non-hydrogen) atoms. The average Bonchev–Trinajstić information content (AvgIpc) is 2.81. The summed E-state index contributed by atoms with van der Waals surface area (Å²) in [5.74, 6) is -2.36. The van der Waals surface area contributed by atoms with Gasteiger partial charge in [-0.15, -0.1) is 0 Å². The number of hydrogen-bond donors (Lipinski definition) is 0. The lowest BCUT2D eigenvalue weighted by atomic mass is 9.98.